The number of allylic oxidation sites excluding steroid dienone is 3. The van der Waals surface area contributed by atoms with Gasteiger partial charge in [-0.1, -0.05) is 48.6 Å². The monoisotopic (exact) mass is 1090 g/mol. The third-order valence-corrected chi connectivity index (χ3v) is 14.9. The van der Waals surface area contributed by atoms with E-state index in [-0.39, 0.29) is 33.4 Å². The lowest BCUT2D eigenvalue weighted by Gasteiger charge is -2.57. The number of benzene rings is 4. The van der Waals surface area contributed by atoms with Gasteiger partial charge in [-0.2, -0.15) is 0 Å². The van der Waals surface area contributed by atoms with Crippen LogP contribution in [0.5, 0.6) is 46.0 Å². The summed E-state index contributed by atoms with van der Waals surface area (Å²) < 4.78 is 23.1. The summed E-state index contributed by atoms with van der Waals surface area (Å²) in [6.07, 6.45) is 0.561. The maximum atomic E-state index is 15.5. The van der Waals surface area contributed by atoms with Crippen LogP contribution in [0, 0.1) is 35.5 Å². The van der Waals surface area contributed by atoms with Crippen LogP contribution < -0.4 is 0 Å². The van der Waals surface area contributed by atoms with Gasteiger partial charge in [-0.15, -0.1) is 0 Å². The number of aliphatic hydroxyl groups is 2. The van der Waals surface area contributed by atoms with Gasteiger partial charge in [0.15, 0.2) is 46.0 Å². The zero-order valence-electron chi connectivity index (χ0n) is 40.3. The number of Topliss-reactive ketones (excluding diaryl/α,β-unsaturated/α-hetero) is 1. The fourth-order valence-electron chi connectivity index (χ4n) is 11.5. The van der Waals surface area contributed by atoms with Gasteiger partial charge in [0.05, 0.1) is 23.7 Å². The number of hydrogen-bond acceptors (Lipinski definition) is 21. The minimum atomic E-state index is -3.42. The summed E-state index contributed by atoms with van der Waals surface area (Å²) in [5.41, 5.74) is -0.589. The third-order valence-electron chi connectivity index (χ3n) is 14.9. The van der Waals surface area contributed by atoms with Gasteiger partial charge >= 0.3 is 35.8 Å². The highest BCUT2D eigenvalue weighted by Crippen LogP contribution is 2.70. The van der Waals surface area contributed by atoms with E-state index in [0.29, 0.717) is 12.2 Å². The Hall–Kier alpha value is -9.43. The second-order valence-electron chi connectivity index (χ2n) is 19.5. The Labute approximate surface area is 442 Å². The molecule has 1 aliphatic heterocycles. The number of phenols is 8. The van der Waals surface area contributed by atoms with Crippen molar-refractivity contribution in [1.82, 2.24) is 0 Å². The average molecular weight is 1090 g/mol. The molecule has 3 fully saturated rings. The number of rotatable bonds is 16. The number of ketones is 1. The van der Waals surface area contributed by atoms with Gasteiger partial charge in [-0.25, -0.2) is 19.2 Å². The number of phenolic OH excluding ortho intramolecular Hbond substituents is 8. The highest BCUT2D eigenvalue weighted by atomic mass is 16.9. The molecule has 1 spiro atoms. The van der Waals surface area contributed by atoms with Crippen molar-refractivity contribution >= 4 is 41.6 Å². The van der Waals surface area contributed by atoms with Crippen molar-refractivity contribution in [1.29, 1.82) is 0 Å². The summed E-state index contributed by atoms with van der Waals surface area (Å²) >= 11 is 0. The van der Waals surface area contributed by atoms with Gasteiger partial charge in [-0.05, 0) is 81.9 Å². The van der Waals surface area contributed by atoms with E-state index in [1.54, 1.807) is 0 Å². The number of fused-ring (bicyclic) bond motifs is 2. The lowest BCUT2D eigenvalue weighted by Crippen LogP contribution is -2.71. The van der Waals surface area contributed by atoms with Crippen LogP contribution in [-0.2, 0) is 65.4 Å². The lowest BCUT2D eigenvalue weighted by atomic mass is 9.52. The van der Waals surface area contributed by atoms with Crippen molar-refractivity contribution in [2.75, 3.05) is 0 Å². The Bertz CT molecular complexity index is 3390. The molecule has 1 saturated heterocycles. The standard InChI is InChI=1S/C54H46O25/c55-29-7-1-21(13-33(29)59)15-37(48(66)67)76-39(63)11-5-23-17-27-41(24-3-9-31(57)35(61)19-24)44(50(70)71)43(23)47(65)52(27)78-53(74)28-18-26(6-12-40(64)77-38(49(68)69)16-22-2-8-30(56)34(60)14-22)46(54(53,75)79-52)45(51(72)73)42(28)25-4-10-32(58)36(62)20-25/h1-14,17-20,27-28,37-38,41-46,55-62,74-75H,15-16H2,(H,66,67)(H,68,69)(H,70,71)(H,72,73). The molecule has 13 unspecified atom stereocenters. The van der Waals surface area contributed by atoms with Gasteiger partial charge in [0.1, 0.15) is 0 Å². The molecule has 25 heteroatoms. The normalized spacial score (nSPS) is 29.2. The summed E-state index contributed by atoms with van der Waals surface area (Å²) in [7, 11) is 0. The molecule has 0 amide bonds. The molecule has 2 saturated carbocycles. The Morgan fingerprint density at radius 3 is 1.35 bits per heavy atom. The Morgan fingerprint density at radius 1 is 0.519 bits per heavy atom. The smallest absolute Gasteiger partial charge is 0.345 e. The molecular formula is C54H46O25. The Kier molecular flexibility index (Phi) is 13.7. The molecule has 1 heterocycles. The van der Waals surface area contributed by atoms with Crippen LogP contribution in [0.3, 0.4) is 0 Å². The highest BCUT2D eigenvalue weighted by Gasteiger charge is 2.84. The molecule has 4 bridgehead atoms. The van der Waals surface area contributed by atoms with E-state index in [0.717, 1.165) is 72.8 Å². The van der Waals surface area contributed by atoms with Gasteiger partial charge in [0.25, 0.3) is 0 Å². The summed E-state index contributed by atoms with van der Waals surface area (Å²) in [5, 5.41) is 149. The molecule has 6 aliphatic carbocycles. The lowest BCUT2D eigenvalue weighted by molar-refractivity contribution is -0.357. The Balaban J connectivity index is 1.13. The van der Waals surface area contributed by atoms with Gasteiger partial charge < -0.3 is 90.4 Å². The van der Waals surface area contributed by atoms with Crippen LogP contribution in [-0.4, -0.2) is 143 Å². The van der Waals surface area contributed by atoms with Crippen molar-refractivity contribution in [2.24, 2.45) is 35.5 Å². The number of ether oxygens (including phenoxy) is 4. The second kappa shape index (κ2) is 19.9. The first-order valence-corrected chi connectivity index (χ1v) is 23.8. The zero-order chi connectivity index (χ0) is 57.4. The molecule has 25 nitrogen and oxygen atoms in total. The molecule has 14 N–H and O–H groups in total. The number of aliphatic carboxylic acids is 4. The van der Waals surface area contributed by atoms with E-state index < -0.39 is 177 Å². The SMILES string of the molecule is O=C(C=CC1=CC2C(c3ccc(O)c(O)c3)C(C(=O)O)C1C(=O)C21OC2(O)C3C=C(C=CC(=O)OC(Cc4ccc(O)c(O)c4)C(=O)O)C(C(C(=O)O)C3c3ccc(O)c(O)c3)C2(O)O1)OC(Cc1ccc(O)c(O)c1)C(=O)O. The fraction of sp³-hybridized carbons (Fsp3) is 0.278. The van der Waals surface area contributed by atoms with E-state index in [2.05, 4.69) is 0 Å². The maximum absolute atomic E-state index is 15.5. The van der Waals surface area contributed by atoms with E-state index in [4.69, 9.17) is 18.9 Å². The summed E-state index contributed by atoms with van der Waals surface area (Å²) in [6, 6.07) is 12.9. The van der Waals surface area contributed by atoms with E-state index >= 15 is 4.79 Å². The number of aromatic hydroxyl groups is 8. The quantitative estimate of drug-likeness (QED) is 0.0434. The van der Waals surface area contributed by atoms with E-state index in [1.165, 1.54) is 24.3 Å². The van der Waals surface area contributed by atoms with Gasteiger partial charge in [0, 0.05) is 48.7 Å². The maximum Gasteiger partial charge on any atom is 0.345 e. The first-order chi connectivity index (χ1) is 37.2. The van der Waals surface area contributed by atoms with Crippen molar-refractivity contribution in [3.05, 3.63) is 143 Å². The number of hydrogen-bond donors (Lipinski definition) is 14. The molecule has 13 atom stereocenters. The van der Waals surface area contributed by atoms with Crippen molar-refractivity contribution in [3.63, 3.8) is 0 Å². The molecule has 7 aliphatic rings. The zero-order valence-corrected chi connectivity index (χ0v) is 40.3. The number of carboxylic acids is 4. The number of carbonyl (C=O) groups excluding carboxylic acids is 3. The third kappa shape index (κ3) is 9.22. The van der Waals surface area contributed by atoms with Crippen LogP contribution in [0.25, 0.3) is 0 Å². The average Bonchev–Trinajstić information content (AvgIpc) is 2.17. The molecule has 0 aromatic heterocycles. The van der Waals surface area contributed by atoms with Crippen LogP contribution in [0.2, 0.25) is 0 Å². The van der Waals surface area contributed by atoms with Crippen molar-refractivity contribution in [3.8, 4) is 46.0 Å². The van der Waals surface area contributed by atoms with Crippen LogP contribution in [0.15, 0.2) is 120 Å². The predicted octanol–water partition coefficient (Wildman–Crippen LogP) is 2.25. The summed E-state index contributed by atoms with van der Waals surface area (Å²) in [5.74, 6) is -40.7. The predicted molar refractivity (Wildman–Crippen MR) is 257 cm³/mol. The van der Waals surface area contributed by atoms with Gasteiger partial charge in [-0.3, -0.25) is 14.4 Å². The molecular weight excluding hydrogens is 1050 g/mol. The summed E-state index contributed by atoms with van der Waals surface area (Å²) in [6.45, 7) is 0. The second-order valence-corrected chi connectivity index (χ2v) is 19.5. The van der Waals surface area contributed by atoms with Gasteiger partial charge in [0.2, 0.25) is 35.4 Å². The van der Waals surface area contributed by atoms with Crippen molar-refractivity contribution < 1.29 is 124 Å². The molecule has 0 radical (unpaired) electrons. The fourth-order valence-corrected chi connectivity index (χ4v) is 11.5. The van der Waals surface area contributed by atoms with Crippen LogP contribution in [0.1, 0.15) is 34.1 Å². The molecule has 79 heavy (non-hydrogen) atoms. The molecule has 4 aromatic carbocycles. The first-order valence-electron chi connectivity index (χ1n) is 23.8. The minimum Gasteiger partial charge on any atom is -0.504 e. The highest BCUT2D eigenvalue weighted by molar-refractivity contribution is 5.99. The minimum absolute atomic E-state index is 0.105. The molecule has 412 valence electrons. The number of carbonyl (C=O) groups is 7. The van der Waals surface area contributed by atoms with Crippen molar-refractivity contribution in [2.45, 2.75) is 54.2 Å². The largest absolute Gasteiger partial charge is 0.504 e. The Morgan fingerprint density at radius 2 is 0.924 bits per heavy atom. The van der Waals surface area contributed by atoms with E-state index in [1.807, 2.05) is 0 Å². The number of esters is 2. The summed E-state index contributed by atoms with van der Waals surface area (Å²) in [4.78, 5) is 93.8. The van der Waals surface area contributed by atoms with Crippen LogP contribution in [0.4, 0.5) is 0 Å². The van der Waals surface area contributed by atoms with Crippen LogP contribution >= 0.6 is 0 Å². The molecule has 4 aromatic rings. The number of carboxylic acid groups (broad SMARTS) is 4. The topological polar surface area (TPSA) is 440 Å². The van der Waals surface area contributed by atoms with E-state index in [9.17, 15) is 100 Å². The molecule has 11 rings (SSSR count). The first kappa shape index (κ1) is 54.4.